The number of fused-ring (bicyclic) bond motifs is 1. The van der Waals surface area contributed by atoms with E-state index >= 15 is 0 Å². The van der Waals surface area contributed by atoms with Crippen molar-refractivity contribution in [2.24, 2.45) is 0 Å². The van der Waals surface area contributed by atoms with E-state index in [9.17, 15) is 14.0 Å². The molecule has 1 amide bonds. The fraction of sp³-hybridized carbons (Fsp3) is 0.217. The summed E-state index contributed by atoms with van der Waals surface area (Å²) in [6.45, 7) is 4.79. The predicted molar refractivity (Wildman–Crippen MR) is 130 cm³/mol. The maximum absolute atomic E-state index is 13.3. The summed E-state index contributed by atoms with van der Waals surface area (Å²) in [6, 6.07) is 9.61. The minimum atomic E-state index is -0.342. The maximum atomic E-state index is 13.3. The number of benzene rings is 1. The topological polar surface area (TPSA) is 66.7 Å². The van der Waals surface area contributed by atoms with Crippen LogP contribution in [0.25, 0.3) is 11.7 Å². The summed E-state index contributed by atoms with van der Waals surface area (Å²) in [7, 11) is 0. The lowest BCUT2D eigenvalue weighted by Gasteiger charge is -2.14. The van der Waals surface area contributed by atoms with Gasteiger partial charge in [0.15, 0.2) is 0 Å². The van der Waals surface area contributed by atoms with Crippen LogP contribution in [0, 0.1) is 12.7 Å². The number of nitrogens with zero attached hydrogens (tertiary/aromatic N) is 3. The predicted octanol–water partition coefficient (Wildman–Crippen LogP) is 4.37. The molecule has 0 bridgehead atoms. The van der Waals surface area contributed by atoms with Gasteiger partial charge in [0.05, 0.1) is 17.0 Å². The Hall–Kier alpha value is -3.04. The van der Waals surface area contributed by atoms with Gasteiger partial charge in [-0.05, 0) is 48.7 Å². The highest BCUT2D eigenvalue weighted by atomic mass is 32.2. The van der Waals surface area contributed by atoms with E-state index in [2.05, 4.69) is 10.3 Å². The van der Waals surface area contributed by atoms with Gasteiger partial charge in [-0.2, -0.15) is 0 Å². The summed E-state index contributed by atoms with van der Waals surface area (Å²) < 4.78 is 15.1. The van der Waals surface area contributed by atoms with Gasteiger partial charge in [-0.25, -0.2) is 9.37 Å². The second-order valence-electron chi connectivity index (χ2n) is 7.43. The molecule has 0 saturated carbocycles. The second-order valence-corrected chi connectivity index (χ2v) is 9.11. The van der Waals surface area contributed by atoms with Crippen LogP contribution < -0.4 is 10.9 Å². The Bertz CT molecular complexity index is 1300. The normalized spacial score (nSPS) is 15.2. The Morgan fingerprint density at radius 1 is 1.19 bits per heavy atom. The van der Waals surface area contributed by atoms with E-state index < -0.39 is 0 Å². The zero-order valence-electron chi connectivity index (χ0n) is 17.6. The van der Waals surface area contributed by atoms with Crippen molar-refractivity contribution in [3.63, 3.8) is 0 Å². The summed E-state index contributed by atoms with van der Waals surface area (Å²) in [4.78, 5) is 32.8. The first-order valence-electron chi connectivity index (χ1n) is 10.1. The van der Waals surface area contributed by atoms with Crippen molar-refractivity contribution in [1.82, 2.24) is 14.3 Å². The molecular formula is C23H21FN4O2S2. The molecule has 1 N–H and O–H groups in total. The van der Waals surface area contributed by atoms with Gasteiger partial charge in [-0.15, -0.1) is 0 Å². The van der Waals surface area contributed by atoms with Gasteiger partial charge in [0.2, 0.25) is 0 Å². The molecule has 6 nitrogen and oxygen atoms in total. The quantitative estimate of drug-likeness (QED) is 0.428. The van der Waals surface area contributed by atoms with Crippen molar-refractivity contribution in [3.8, 4) is 0 Å². The smallest absolute Gasteiger partial charge is 0.267 e. The molecule has 9 heteroatoms. The number of hydrogen-bond acceptors (Lipinski definition) is 6. The van der Waals surface area contributed by atoms with Gasteiger partial charge in [0.1, 0.15) is 21.6 Å². The summed E-state index contributed by atoms with van der Waals surface area (Å²) in [5, 5.41) is 3.20. The fourth-order valence-electron chi connectivity index (χ4n) is 3.31. The van der Waals surface area contributed by atoms with Crippen LogP contribution in [0.3, 0.4) is 0 Å². The van der Waals surface area contributed by atoms with Crippen LogP contribution >= 0.6 is 24.0 Å². The van der Waals surface area contributed by atoms with E-state index in [-0.39, 0.29) is 23.8 Å². The first-order chi connectivity index (χ1) is 15.4. The van der Waals surface area contributed by atoms with E-state index in [1.54, 1.807) is 30.5 Å². The number of halogens is 1. The average molecular weight is 469 g/mol. The van der Waals surface area contributed by atoms with Crippen LogP contribution in [0.1, 0.15) is 30.0 Å². The molecule has 0 spiro atoms. The van der Waals surface area contributed by atoms with Gasteiger partial charge in [0, 0.05) is 12.7 Å². The van der Waals surface area contributed by atoms with Crippen molar-refractivity contribution < 1.29 is 9.18 Å². The standard InChI is InChI=1S/C23H21FN4O2S2/c1-3-10-25-20-17(21(29)27-12-14(2)4-9-19(27)26-20)11-18-22(30)28(23(31)32-18)13-15-5-7-16(24)8-6-15/h4-9,11-12,25H,3,10,13H2,1-2H3/b18-11+. The fourth-order valence-corrected chi connectivity index (χ4v) is 4.54. The van der Waals surface area contributed by atoms with E-state index in [1.807, 2.05) is 19.9 Å². The van der Waals surface area contributed by atoms with Gasteiger partial charge in [-0.3, -0.25) is 18.9 Å². The number of pyridine rings is 1. The minimum absolute atomic E-state index is 0.234. The SMILES string of the molecule is CCCNc1nc2ccc(C)cn2c(=O)c1/C=C1/SC(=S)N(Cc2ccc(F)cc2)C1=O. The minimum Gasteiger partial charge on any atom is -0.369 e. The lowest BCUT2D eigenvalue weighted by Crippen LogP contribution is -2.27. The first kappa shape index (κ1) is 22.2. The molecule has 4 rings (SSSR count). The molecular weight excluding hydrogens is 447 g/mol. The van der Waals surface area contributed by atoms with Crippen LogP contribution in [-0.4, -0.2) is 31.1 Å². The Balaban J connectivity index is 1.73. The van der Waals surface area contributed by atoms with Crippen LogP contribution in [0.4, 0.5) is 10.2 Å². The zero-order valence-corrected chi connectivity index (χ0v) is 19.2. The lowest BCUT2D eigenvalue weighted by atomic mass is 10.2. The van der Waals surface area contributed by atoms with Crippen molar-refractivity contribution in [2.75, 3.05) is 11.9 Å². The molecule has 3 heterocycles. The number of aryl methyl sites for hydroxylation is 1. The summed E-state index contributed by atoms with van der Waals surface area (Å²) >= 11 is 6.54. The van der Waals surface area contributed by atoms with Crippen molar-refractivity contribution in [2.45, 2.75) is 26.8 Å². The highest BCUT2D eigenvalue weighted by molar-refractivity contribution is 8.26. The van der Waals surface area contributed by atoms with Crippen LogP contribution in [0.15, 0.2) is 52.3 Å². The Kier molecular flexibility index (Phi) is 6.38. The molecule has 1 fully saturated rings. The maximum Gasteiger partial charge on any atom is 0.267 e. The van der Waals surface area contributed by atoms with E-state index in [0.717, 1.165) is 29.3 Å². The molecule has 0 unspecified atom stereocenters. The number of thioether (sulfide) groups is 1. The summed E-state index contributed by atoms with van der Waals surface area (Å²) in [6.07, 6.45) is 4.14. The number of aromatic nitrogens is 2. The van der Waals surface area contributed by atoms with Crippen LogP contribution in [0.5, 0.6) is 0 Å². The van der Waals surface area contributed by atoms with Gasteiger partial charge >= 0.3 is 0 Å². The third-order valence-corrected chi connectivity index (χ3v) is 6.33. The van der Waals surface area contributed by atoms with Gasteiger partial charge < -0.3 is 5.32 Å². The van der Waals surface area contributed by atoms with Gasteiger partial charge in [-0.1, -0.05) is 49.1 Å². The highest BCUT2D eigenvalue weighted by Crippen LogP contribution is 2.34. The van der Waals surface area contributed by atoms with E-state index in [1.165, 1.54) is 21.4 Å². The molecule has 1 saturated heterocycles. The summed E-state index contributed by atoms with van der Waals surface area (Å²) in [5.41, 5.74) is 2.26. The Morgan fingerprint density at radius 3 is 2.66 bits per heavy atom. The van der Waals surface area contributed by atoms with Gasteiger partial charge in [0.25, 0.3) is 11.5 Å². The number of anilines is 1. The second kappa shape index (κ2) is 9.22. The van der Waals surface area contributed by atoms with Crippen LogP contribution in [-0.2, 0) is 11.3 Å². The van der Waals surface area contributed by atoms with Crippen LogP contribution in [0.2, 0.25) is 0 Å². The number of nitrogens with one attached hydrogen (secondary N) is 1. The molecule has 0 atom stereocenters. The monoisotopic (exact) mass is 468 g/mol. The number of carbonyl (C=O) groups excluding carboxylic acids is 1. The molecule has 0 aliphatic carbocycles. The molecule has 164 valence electrons. The first-order valence-corrected chi connectivity index (χ1v) is 11.4. The van der Waals surface area contributed by atoms with E-state index in [0.29, 0.717) is 32.8 Å². The average Bonchev–Trinajstić information content (AvgIpc) is 3.03. The number of amides is 1. The van der Waals surface area contributed by atoms with E-state index in [4.69, 9.17) is 12.2 Å². The largest absolute Gasteiger partial charge is 0.369 e. The molecule has 3 aromatic rings. The van der Waals surface area contributed by atoms with Crippen molar-refractivity contribution >= 4 is 51.7 Å². The Labute approximate surface area is 194 Å². The third kappa shape index (κ3) is 4.44. The molecule has 1 aliphatic rings. The third-order valence-electron chi connectivity index (χ3n) is 4.95. The number of hydrogen-bond donors (Lipinski definition) is 1. The molecule has 1 aromatic carbocycles. The summed E-state index contributed by atoms with van der Waals surface area (Å²) in [5.74, 6) is -0.199. The number of thiocarbonyl (C=S) groups is 1. The zero-order chi connectivity index (χ0) is 22.8. The highest BCUT2D eigenvalue weighted by Gasteiger charge is 2.32. The van der Waals surface area contributed by atoms with Crippen molar-refractivity contribution in [3.05, 3.63) is 80.4 Å². The Morgan fingerprint density at radius 2 is 1.94 bits per heavy atom. The molecule has 32 heavy (non-hydrogen) atoms. The molecule has 0 radical (unpaired) electrons. The van der Waals surface area contributed by atoms with Crippen molar-refractivity contribution in [1.29, 1.82) is 0 Å². The molecule has 2 aromatic heterocycles. The number of carbonyl (C=O) groups is 1. The number of rotatable bonds is 6. The molecule has 1 aliphatic heterocycles. The lowest BCUT2D eigenvalue weighted by molar-refractivity contribution is -0.122.